The van der Waals surface area contributed by atoms with E-state index in [-0.39, 0.29) is 11.4 Å². The van der Waals surface area contributed by atoms with Crippen molar-refractivity contribution >= 4 is 22.5 Å². The third-order valence-electron chi connectivity index (χ3n) is 6.13. The van der Waals surface area contributed by atoms with Crippen LogP contribution in [0.2, 0.25) is 0 Å². The van der Waals surface area contributed by atoms with Crippen molar-refractivity contribution in [2.45, 2.75) is 32.3 Å². The molecule has 7 nitrogen and oxygen atoms in total. The molecule has 2 aromatic heterocycles. The zero-order valence-electron chi connectivity index (χ0n) is 16.1. The highest BCUT2D eigenvalue weighted by molar-refractivity contribution is 5.99. The number of nitrogen functional groups attached to an aromatic ring is 1. The maximum absolute atomic E-state index is 10.3. The summed E-state index contributed by atoms with van der Waals surface area (Å²) < 4.78 is 5.86. The summed E-state index contributed by atoms with van der Waals surface area (Å²) in [6.07, 6.45) is 3.57. The minimum atomic E-state index is -0.0214. The zero-order chi connectivity index (χ0) is 19.5. The number of pyridine rings is 1. The summed E-state index contributed by atoms with van der Waals surface area (Å²) in [6.45, 7) is 6.47. The lowest BCUT2D eigenvalue weighted by Gasteiger charge is -2.38. The van der Waals surface area contributed by atoms with Crippen LogP contribution in [0.4, 0.5) is 11.6 Å². The Morgan fingerprint density at radius 2 is 2.04 bits per heavy atom. The highest BCUT2D eigenvalue weighted by Gasteiger charge is 2.45. The molecule has 144 valence electrons. The Morgan fingerprint density at radius 3 is 2.75 bits per heavy atom. The third-order valence-corrected chi connectivity index (χ3v) is 6.13. The zero-order valence-corrected chi connectivity index (χ0v) is 16.1. The monoisotopic (exact) mass is 377 g/mol. The van der Waals surface area contributed by atoms with Gasteiger partial charge in [-0.05, 0) is 38.0 Å². The first-order valence-electron chi connectivity index (χ1n) is 9.57. The number of ether oxygens (including phenoxy) is 1. The number of aryl methyl sites for hydroxylation is 1. The minimum Gasteiger partial charge on any atom is -0.508 e. The fourth-order valence-electron chi connectivity index (χ4n) is 4.36. The van der Waals surface area contributed by atoms with Crippen molar-refractivity contribution in [2.24, 2.45) is 0 Å². The van der Waals surface area contributed by atoms with E-state index >= 15 is 0 Å². The molecule has 0 amide bonds. The van der Waals surface area contributed by atoms with Gasteiger partial charge in [0.25, 0.3) is 0 Å². The molecule has 7 heteroatoms. The fraction of sp³-hybridized carbons (Fsp3) is 0.381. The number of phenolic OH excluding ortho intramolecular Hbond substituents is 1. The second-order valence-corrected chi connectivity index (χ2v) is 7.84. The standard InChI is InChI=1S/C21H23N5O2/c1-12-3-4-15(27)13(2)17(12)19-18-14(20(22)24-11-23-18)9-16(25-19)26-7-5-21(10-26)6-8-28-21/h3-4,9,11,27H,5-8,10H2,1-2H3,(H2,22,23,24)/t21-/m0/s1. The summed E-state index contributed by atoms with van der Waals surface area (Å²) in [5.41, 5.74) is 10.3. The van der Waals surface area contributed by atoms with Crippen LogP contribution in [-0.4, -0.2) is 45.4 Å². The minimum absolute atomic E-state index is 0.0214. The summed E-state index contributed by atoms with van der Waals surface area (Å²) in [4.78, 5) is 15.9. The molecule has 0 aliphatic carbocycles. The summed E-state index contributed by atoms with van der Waals surface area (Å²) in [6, 6.07) is 5.58. The first kappa shape index (κ1) is 17.2. The van der Waals surface area contributed by atoms with Crippen LogP contribution in [0, 0.1) is 13.8 Å². The molecule has 1 spiro atoms. The first-order valence-corrected chi connectivity index (χ1v) is 9.57. The van der Waals surface area contributed by atoms with Gasteiger partial charge in [-0.15, -0.1) is 0 Å². The van der Waals surface area contributed by atoms with Gasteiger partial charge in [-0.1, -0.05) is 6.07 Å². The van der Waals surface area contributed by atoms with Gasteiger partial charge in [0.2, 0.25) is 0 Å². The van der Waals surface area contributed by atoms with Gasteiger partial charge < -0.3 is 20.5 Å². The maximum Gasteiger partial charge on any atom is 0.134 e. The SMILES string of the molecule is Cc1ccc(O)c(C)c1-c1nc(N2CC[C@]3(CCO3)C2)cc2c(N)ncnc12. The molecule has 0 unspecified atom stereocenters. The maximum atomic E-state index is 10.3. The van der Waals surface area contributed by atoms with Gasteiger partial charge in [0.1, 0.15) is 29.2 Å². The molecule has 1 atom stereocenters. The van der Waals surface area contributed by atoms with Crippen molar-refractivity contribution in [2.75, 3.05) is 30.3 Å². The van der Waals surface area contributed by atoms with Gasteiger partial charge in [-0.2, -0.15) is 0 Å². The summed E-state index contributed by atoms with van der Waals surface area (Å²) in [5.74, 6) is 1.52. The van der Waals surface area contributed by atoms with Crippen LogP contribution in [0.5, 0.6) is 5.75 Å². The first-order chi connectivity index (χ1) is 13.5. The Kier molecular flexibility index (Phi) is 3.71. The molecule has 4 heterocycles. The molecule has 1 aromatic carbocycles. The number of aromatic nitrogens is 3. The summed E-state index contributed by atoms with van der Waals surface area (Å²) >= 11 is 0. The Balaban J connectivity index is 1.73. The van der Waals surface area contributed by atoms with Gasteiger partial charge >= 0.3 is 0 Å². The molecule has 2 fully saturated rings. The van der Waals surface area contributed by atoms with Crippen LogP contribution in [0.1, 0.15) is 24.0 Å². The van der Waals surface area contributed by atoms with E-state index in [9.17, 15) is 5.11 Å². The van der Waals surface area contributed by atoms with E-state index in [0.717, 1.165) is 66.1 Å². The normalized spacial score (nSPS) is 21.4. The number of nitrogens with zero attached hydrogens (tertiary/aromatic N) is 4. The quantitative estimate of drug-likeness (QED) is 0.708. The highest BCUT2D eigenvalue weighted by Crippen LogP contribution is 2.41. The van der Waals surface area contributed by atoms with Crippen molar-refractivity contribution in [3.8, 4) is 17.0 Å². The lowest BCUT2D eigenvalue weighted by Crippen LogP contribution is -2.46. The molecule has 2 saturated heterocycles. The molecule has 5 rings (SSSR count). The molecule has 3 N–H and O–H groups in total. The molecule has 0 bridgehead atoms. The largest absolute Gasteiger partial charge is 0.508 e. The van der Waals surface area contributed by atoms with E-state index < -0.39 is 0 Å². The van der Waals surface area contributed by atoms with Gasteiger partial charge in [0, 0.05) is 36.0 Å². The Bertz CT molecular complexity index is 1090. The number of rotatable bonds is 2. The van der Waals surface area contributed by atoms with Crippen LogP contribution >= 0.6 is 0 Å². The summed E-state index contributed by atoms with van der Waals surface area (Å²) in [7, 11) is 0. The van der Waals surface area contributed by atoms with E-state index in [1.165, 1.54) is 6.33 Å². The second kappa shape index (κ2) is 6.04. The number of hydrogen-bond acceptors (Lipinski definition) is 7. The van der Waals surface area contributed by atoms with Crippen LogP contribution in [0.3, 0.4) is 0 Å². The Labute approximate surface area is 163 Å². The van der Waals surface area contributed by atoms with Gasteiger partial charge in [0.05, 0.1) is 17.9 Å². The van der Waals surface area contributed by atoms with E-state index in [4.69, 9.17) is 15.5 Å². The molecular formula is C21H23N5O2. The number of benzene rings is 1. The third kappa shape index (κ3) is 2.50. The molecule has 28 heavy (non-hydrogen) atoms. The molecule has 3 aromatic rings. The number of phenols is 1. The van der Waals surface area contributed by atoms with E-state index in [2.05, 4.69) is 14.9 Å². The van der Waals surface area contributed by atoms with Gasteiger partial charge in [0.15, 0.2) is 0 Å². The topological polar surface area (TPSA) is 97.4 Å². The molecule has 2 aliphatic heterocycles. The number of nitrogens with two attached hydrogens (primary N) is 1. The lowest BCUT2D eigenvalue weighted by molar-refractivity contribution is -0.130. The number of aromatic hydroxyl groups is 1. The van der Waals surface area contributed by atoms with Crippen LogP contribution in [0.15, 0.2) is 24.5 Å². The van der Waals surface area contributed by atoms with E-state index in [0.29, 0.717) is 11.3 Å². The molecule has 2 aliphatic rings. The van der Waals surface area contributed by atoms with Crippen molar-refractivity contribution in [3.05, 3.63) is 35.7 Å². The Morgan fingerprint density at radius 1 is 1.21 bits per heavy atom. The average molecular weight is 377 g/mol. The van der Waals surface area contributed by atoms with Gasteiger partial charge in [-0.3, -0.25) is 0 Å². The molecule has 0 saturated carbocycles. The predicted octanol–water partition coefficient (Wildman–Crippen LogP) is 2.97. The Hall–Kier alpha value is -2.93. The smallest absolute Gasteiger partial charge is 0.134 e. The van der Waals surface area contributed by atoms with E-state index in [1.807, 2.05) is 26.0 Å². The number of hydrogen-bond donors (Lipinski definition) is 2. The fourth-order valence-corrected chi connectivity index (χ4v) is 4.36. The van der Waals surface area contributed by atoms with Crippen molar-refractivity contribution in [1.29, 1.82) is 0 Å². The lowest BCUT2D eigenvalue weighted by atomic mass is 9.94. The van der Waals surface area contributed by atoms with Crippen LogP contribution < -0.4 is 10.6 Å². The van der Waals surface area contributed by atoms with Crippen molar-refractivity contribution < 1.29 is 9.84 Å². The number of fused-ring (bicyclic) bond motifs is 1. The summed E-state index contributed by atoms with van der Waals surface area (Å²) in [5, 5.41) is 11.1. The van der Waals surface area contributed by atoms with Gasteiger partial charge in [-0.25, -0.2) is 15.0 Å². The highest BCUT2D eigenvalue weighted by atomic mass is 16.5. The number of anilines is 2. The van der Waals surface area contributed by atoms with E-state index in [1.54, 1.807) is 6.07 Å². The van der Waals surface area contributed by atoms with Crippen LogP contribution in [0.25, 0.3) is 22.2 Å². The predicted molar refractivity (Wildman–Crippen MR) is 108 cm³/mol. The van der Waals surface area contributed by atoms with Crippen molar-refractivity contribution in [3.63, 3.8) is 0 Å². The average Bonchev–Trinajstić information content (AvgIpc) is 3.12. The second-order valence-electron chi connectivity index (χ2n) is 7.84. The molecular weight excluding hydrogens is 354 g/mol. The molecule has 0 radical (unpaired) electrons. The van der Waals surface area contributed by atoms with Crippen LogP contribution in [-0.2, 0) is 4.74 Å². The van der Waals surface area contributed by atoms with Crippen molar-refractivity contribution in [1.82, 2.24) is 15.0 Å².